The van der Waals surface area contributed by atoms with Crippen molar-refractivity contribution in [1.29, 1.82) is 0 Å². The van der Waals surface area contributed by atoms with Crippen molar-refractivity contribution < 1.29 is 19.4 Å². The molecule has 6 nitrogen and oxygen atoms in total. The number of aryl methyl sites for hydroxylation is 1. The summed E-state index contributed by atoms with van der Waals surface area (Å²) in [7, 11) is 0. The van der Waals surface area contributed by atoms with E-state index in [2.05, 4.69) is 16.8 Å². The average Bonchev–Trinajstić information content (AvgIpc) is 2.81. The summed E-state index contributed by atoms with van der Waals surface area (Å²) in [5.41, 5.74) is 0.496. The standard InChI is InChI=1S/C17H28N2O4/c1-5-9-19-10-8-13(12-19)11-14(6-7-15(20)21)18-16(22)23-17(2,3)4/h8,10,12,14H,5-7,9,11H2,1-4H3,(H,18,22)(H,20,21). The van der Waals surface area contributed by atoms with Crippen molar-refractivity contribution in [3.05, 3.63) is 24.0 Å². The number of rotatable bonds is 8. The van der Waals surface area contributed by atoms with Gasteiger partial charge in [-0.2, -0.15) is 0 Å². The van der Waals surface area contributed by atoms with Gasteiger partial charge in [-0.3, -0.25) is 4.79 Å². The van der Waals surface area contributed by atoms with E-state index in [9.17, 15) is 9.59 Å². The van der Waals surface area contributed by atoms with Crippen LogP contribution in [0.15, 0.2) is 18.5 Å². The van der Waals surface area contributed by atoms with Crippen molar-refractivity contribution in [3.8, 4) is 0 Å². The van der Waals surface area contributed by atoms with Gasteiger partial charge in [0.05, 0.1) is 0 Å². The van der Waals surface area contributed by atoms with Gasteiger partial charge in [0.1, 0.15) is 5.60 Å². The number of carboxylic acid groups (broad SMARTS) is 1. The lowest BCUT2D eigenvalue weighted by molar-refractivity contribution is -0.137. The third-order valence-corrected chi connectivity index (χ3v) is 3.20. The van der Waals surface area contributed by atoms with Crippen LogP contribution in [0.5, 0.6) is 0 Å². The van der Waals surface area contributed by atoms with Crippen LogP contribution in [-0.2, 0) is 22.5 Å². The minimum Gasteiger partial charge on any atom is -0.481 e. The van der Waals surface area contributed by atoms with Gasteiger partial charge in [0.15, 0.2) is 0 Å². The number of carbonyl (C=O) groups is 2. The zero-order valence-corrected chi connectivity index (χ0v) is 14.5. The summed E-state index contributed by atoms with van der Waals surface area (Å²) in [6.45, 7) is 8.44. The minimum atomic E-state index is -0.871. The molecule has 0 bridgehead atoms. The Morgan fingerprint density at radius 2 is 2.09 bits per heavy atom. The third kappa shape index (κ3) is 8.28. The lowest BCUT2D eigenvalue weighted by Gasteiger charge is -2.23. The zero-order chi connectivity index (χ0) is 17.5. The Balaban J connectivity index is 2.66. The Labute approximate surface area is 137 Å². The van der Waals surface area contributed by atoms with Crippen molar-refractivity contribution in [2.45, 2.75) is 71.6 Å². The number of nitrogens with one attached hydrogen (secondary N) is 1. The quantitative estimate of drug-likeness (QED) is 0.769. The maximum Gasteiger partial charge on any atom is 0.407 e. The number of carboxylic acids is 1. The fraction of sp³-hybridized carbons (Fsp3) is 0.647. The first kappa shape index (κ1) is 19.1. The predicted molar refractivity (Wildman–Crippen MR) is 88.5 cm³/mol. The Morgan fingerprint density at radius 1 is 1.39 bits per heavy atom. The molecule has 6 heteroatoms. The van der Waals surface area contributed by atoms with E-state index in [1.807, 2.05) is 18.5 Å². The van der Waals surface area contributed by atoms with Gasteiger partial charge in [0.2, 0.25) is 0 Å². The largest absolute Gasteiger partial charge is 0.481 e. The topological polar surface area (TPSA) is 80.6 Å². The zero-order valence-electron chi connectivity index (χ0n) is 14.5. The van der Waals surface area contributed by atoms with Crippen LogP contribution in [0.3, 0.4) is 0 Å². The Morgan fingerprint density at radius 3 is 2.65 bits per heavy atom. The van der Waals surface area contributed by atoms with Crippen LogP contribution >= 0.6 is 0 Å². The highest BCUT2D eigenvalue weighted by Gasteiger charge is 2.20. The number of carbonyl (C=O) groups excluding carboxylic acids is 1. The highest BCUT2D eigenvalue weighted by atomic mass is 16.6. The van der Waals surface area contributed by atoms with Crippen molar-refractivity contribution >= 4 is 12.1 Å². The molecule has 0 fully saturated rings. The van der Waals surface area contributed by atoms with E-state index in [1.165, 1.54) is 0 Å². The molecule has 1 rings (SSSR count). The molecule has 0 aliphatic carbocycles. The van der Waals surface area contributed by atoms with Gasteiger partial charge in [-0.25, -0.2) is 4.79 Å². The lowest BCUT2D eigenvalue weighted by Crippen LogP contribution is -2.40. The fourth-order valence-electron chi connectivity index (χ4n) is 2.29. The molecular weight excluding hydrogens is 296 g/mol. The van der Waals surface area contributed by atoms with E-state index in [1.54, 1.807) is 20.8 Å². The number of nitrogens with zero attached hydrogens (tertiary/aromatic N) is 1. The Hall–Kier alpha value is -1.98. The van der Waals surface area contributed by atoms with Gasteiger partial charge in [0.25, 0.3) is 0 Å². The normalized spacial score (nSPS) is 12.7. The van der Waals surface area contributed by atoms with Crippen molar-refractivity contribution in [3.63, 3.8) is 0 Å². The predicted octanol–water partition coefficient (Wildman–Crippen LogP) is 3.20. The van der Waals surface area contributed by atoms with Gasteiger partial charge in [-0.05, 0) is 51.7 Å². The highest BCUT2D eigenvalue weighted by Crippen LogP contribution is 2.12. The smallest absolute Gasteiger partial charge is 0.407 e. The van der Waals surface area contributed by atoms with Crippen LogP contribution in [0.2, 0.25) is 0 Å². The number of amides is 1. The van der Waals surface area contributed by atoms with Crippen LogP contribution in [0.25, 0.3) is 0 Å². The summed E-state index contributed by atoms with van der Waals surface area (Å²) >= 11 is 0. The molecule has 130 valence electrons. The summed E-state index contributed by atoms with van der Waals surface area (Å²) in [5.74, 6) is -0.871. The maximum atomic E-state index is 11.9. The fourth-order valence-corrected chi connectivity index (χ4v) is 2.29. The van der Waals surface area contributed by atoms with Crippen LogP contribution in [0.1, 0.15) is 52.5 Å². The van der Waals surface area contributed by atoms with E-state index in [0.717, 1.165) is 18.5 Å². The van der Waals surface area contributed by atoms with Crippen molar-refractivity contribution in [1.82, 2.24) is 9.88 Å². The molecule has 1 heterocycles. The molecule has 0 aliphatic heterocycles. The first-order chi connectivity index (χ1) is 10.7. The molecular formula is C17H28N2O4. The Kier molecular flexibility index (Phi) is 7.13. The van der Waals surface area contributed by atoms with Crippen molar-refractivity contribution in [2.24, 2.45) is 0 Å². The van der Waals surface area contributed by atoms with Gasteiger partial charge in [-0.1, -0.05) is 6.92 Å². The minimum absolute atomic E-state index is 0.0101. The third-order valence-electron chi connectivity index (χ3n) is 3.20. The van der Waals surface area contributed by atoms with Crippen molar-refractivity contribution in [2.75, 3.05) is 0 Å². The van der Waals surface area contributed by atoms with Gasteiger partial charge >= 0.3 is 12.1 Å². The maximum absolute atomic E-state index is 11.9. The first-order valence-corrected chi connectivity index (χ1v) is 8.05. The molecule has 1 amide bonds. The number of alkyl carbamates (subject to hydrolysis) is 1. The summed E-state index contributed by atoms with van der Waals surface area (Å²) in [6, 6.07) is 1.73. The number of hydrogen-bond acceptors (Lipinski definition) is 3. The van der Waals surface area contributed by atoms with Gasteiger partial charge < -0.3 is 19.7 Å². The second kappa shape index (κ2) is 8.60. The van der Waals surface area contributed by atoms with Gasteiger partial charge in [0, 0.05) is 31.4 Å². The number of ether oxygens (including phenoxy) is 1. The van der Waals surface area contributed by atoms with Crippen LogP contribution in [0.4, 0.5) is 4.79 Å². The van der Waals surface area contributed by atoms with E-state index in [-0.39, 0.29) is 12.5 Å². The SMILES string of the molecule is CCCn1ccc(CC(CCC(=O)O)NC(=O)OC(C)(C)C)c1. The second-order valence-electron chi connectivity index (χ2n) is 6.74. The summed E-state index contributed by atoms with van der Waals surface area (Å²) in [6.07, 6.45) is 5.54. The number of hydrogen-bond donors (Lipinski definition) is 2. The number of aromatic nitrogens is 1. The molecule has 1 aromatic rings. The van der Waals surface area contributed by atoms with E-state index in [4.69, 9.17) is 9.84 Å². The lowest BCUT2D eigenvalue weighted by atomic mass is 10.0. The Bertz CT molecular complexity index is 517. The molecule has 23 heavy (non-hydrogen) atoms. The molecule has 0 aromatic carbocycles. The molecule has 1 atom stereocenters. The second-order valence-corrected chi connectivity index (χ2v) is 6.74. The molecule has 0 radical (unpaired) electrons. The van der Waals surface area contributed by atoms with Gasteiger partial charge in [-0.15, -0.1) is 0 Å². The molecule has 1 unspecified atom stereocenters. The van der Waals surface area contributed by atoms with E-state index >= 15 is 0 Å². The molecule has 0 saturated heterocycles. The highest BCUT2D eigenvalue weighted by molar-refractivity contribution is 5.69. The summed E-state index contributed by atoms with van der Waals surface area (Å²) < 4.78 is 7.35. The van der Waals surface area contributed by atoms with E-state index in [0.29, 0.717) is 12.8 Å². The van der Waals surface area contributed by atoms with Crippen LogP contribution in [-0.4, -0.2) is 33.4 Å². The number of aliphatic carboxylic acids is 1. The van der Waals surface area contributed by atoms with Crippen LogP contribution in [0, 0.1) is 0 Å². The first-order valence-electron chi connectivity index (χ1n) is 8.05. The van der Waals surface area contributed by atoms with Crippen LogP contribution < -0.4 is 5.32 Å². The molecule has 2 N–H and O–H groups in total. The molecule has 0 spiro atoms. The van der Waals surface area contributed by atoms with E-state index < -0.39 is 17.7 Å². The summed E-state index contributed by atoms with van der Waals surface area (Å²) in [5, 5.41) is 11.7. The molecule has 1 aromatic heterocycles. The monoisotopic (exact) mass is 324 g/mol. The summed E-state index contributed by atoms with van der Waals surface area (Å²) in [4.78, 5) is 22.7. The average molecular weight is 324 g/mol. The molecule has 0 saturated carbocycles. The molecule has 0 aliphatic rings.